The molecule has 1 aromatic heterocycles. The Balaban J connectivity index is 2.28. The number of nitrogens with zero attached hydrogens (tertiary/aromatic N) is 3. The first-order chi connectivity index (χ1) is 6.22. The molecule has 1 heterocycles. The minimum absolute atomic E-state index is 0.244. The summed E-state index contributed by atoms with van der Waals surface area (Å²) in [5.41, 5.74) is 5.30. The summed E-state index contributed by atoms with van der Waals surface area (Å²) in [5, 5.41) is 19.9. The molecule has 0 saturated carbocycles. The number of thioether (sulfide) groups is 1. The van der Waals surface area contributed by atoms with E-state index in [1.165, 1.54) is 0 Å². The third-order valence-electron chi connectivity index (χ3n) is 1.22. The summed E-state index contributed by atoms with van der Waals surface area (Å²) >= 11 is 3.10. The zero-order valence-corrected chi connectivity index (χ0v) is 8.73. The molecule has 72 valence electrons. The Morgan fingerprint density at radius 3 is 3.00 bits per heavy atom. The topological polar surface area (TPSA) is 84.4 Å². The van der Waals surface area contributed by atoms with E-state index in [1.807, 2.05) is 6.92 Å². The highest BCUT2D eigenvalue weighted by atomic mass is 32.2. The lowest BCUT2D eigenvalue weighted by Gasteiger charge is -1.94. The van der Waals surface area contributed by atoms with Crippen molar-refractivity contribution >= 4 is 28.9 Å². The molecule has 13 heavy (non-hydrogen) atoms. The maximum atomic E-state index is 8.26. The van der Waals surface area contributed by atoms with Gasteiger partial charge in [0.15, 0.2) is 4.34 Å². The molecule has 1 rings (SSSR count). The summed E-state index contributed by atoms with van der Waals surface area (Å²) in [7, 11) is 0. The van der Waals surface area contributed by atoms with Crippen molar-refractivity contribution in [1.82, 2.24) is 10.2 Å². The van der Waals surface area contributed by atoms with Gasteiger partial charge in [0.1, 0.15) is 10.8 Å². The Kier molecular flexibility index (Phi) is 3.97. The zero-order chi connectivity index (χ0) is 9.68. The normalized spacial score (nSPS) is 11.9. The number of amidine groups is 1. The average Bonchev–Trinajstić information content (AvgIpc) is 2.51. The Labute approximate surface area is 84.0 Å². The van der Waals surface area contributed by atoms with Crippen molar-refractivity contribution in [3.63, 3.8) is 0 Å². The molecule has 0 radical (unpaired) electrons. The largest absolute Gasteiger partial charge is 0.409 e. The second kappa shape index (κ2) is 5.03. The van der Waals surface area contributed by atoms with Gasteiger partial charge in [-0.1, -0.05) is 28.3 Å². The third kappa shape index (κ3) is 3.60. The molecule has 0 fully saturated rings. The van der Waals surface area contributed by atoms with Crippen molar-refractivity contribution in [3.8, 4) is 0 Å². The fourth-order valence-corrected chi connectivity index (χ4v) is 2.48. The van der Waals surface area contributed by atoms with Gasteiger partial charge in [0.05, 0.1) is 0 Å². The molecule has 0 aromatic carbocycles. The van der Waals surface area contributed by atoms with Gasteiger partial charge in [-0.05, 0) is 6.92 Å². The van der Waals surface area contributed by atoms with E-state index < -0.39 is 0 Å². The van der Waals surface area contributed by atoms with Crippen molar-refractivity contribution in [3.05, 3.63) is 5.01 Å². The average molecular weight is 218 g/mol. The summed E-state index contributed by atoms with van der Waals surface area (Å²) in [5.74, 6) is 0.999. The van der Waals surface area contributed by atoms with Gasteiger partial charge in [-0.3, -0.25) is 0 Å². The highest BCUT2D eigenvalue weighted by Gasteiger charge is 2.01. The van der Waals surface area contributed by atoms with Crippen molar-refractivity contribution in [2.75, 3.05) is 5.75 Å². The monoisotopic (exact) mass is 218 g/mol. The van der Waals surface area contributed by atoms with Gasteiger partial charge < -0.3 is 10.9 Å². The van der Waals surface area contributed by atoms with E-state index in [0.717, 1.165) is 15.1 Å². The first-order valence-electron chi connectivity index (χ1n) is 3.61. The molecule has 0 aliphatic heterocycles. The van der Waals surface area contributed by atoms with Crippen molar-refractivity contribution in [2.45, 2.75) is 17.7 Å². The molecular formula is C6H10N4OS2. The maximum absolute atomic E-state index is 8.26. The fourth-order valence-electron chi connectivity index (χ4n) is 0.630. The van der Waals surface area contributed by atoms with Gasteiger partial charge in [0.25, 0.3) is 0 Å². The Hall–Kier alpha value is -0.820. The second-order valence-electron chi connectivity index (χ2n) is 2.28. The maximum Gasteiger partial charge on any atom is 0.174 e. The van der Waals surface area contributed by atoms with Crippen LogP contribution in [0.5, 0.6) is 0 Å². The lowest BCUT2D eigenvalue weighted by molar-refractivity contribution is 0.317. The van der Waals surface area contributed by atoms with Crippen LogP contribution in [0.2, 0.25) is 0 Å². The molecule has 0 aliphatic rings. The fraction of sp³-hybridized carbons (Fsp3) is 0.500. The van der Waals surface area contributed by atoms with Crippen LogP contribution in [0.4, 0.5) is 0 Å². The molecule has 5 nitrogen and oxygen atoms in total. The lowest BCUT2D eigenvalue weighted by Crippen LogP contribution is -2.11. The van der Waals surface area contributed by atoms with Crippen LogP contribution >= 0.6 is 23.1 Å². The smallest absolute Gasteiger partial charge is 0.174 e. The summed E-state index contributed by atoms with van der Waals surface area (Å²) in [4.78, 5) is 0. The Morgan fingerprint density at radius 1 is 1.69 bits per heavy atom. The zero-order valence-electron chi connectivity index (χ0n) is 7.10. The number of oxime groups is 1. The predicted octanol–water partition coefficient (Wildman–Crippen LogP) is 1.08. The van der Waals surface area contributed by atoms with E-state index in [-0.39, 0.29) is 5.84 Å². The number of aryl methyl sites for hydroxylation is 1. The van der Waals surface area contributed by atoms with Crippen LogP contribution < -0.4 is 5.73 Å². The van der Waals surface area contributed by atoms with Crippen molar-refractivity contribution in [1.29, 1.82) is 0 Å². The van der Waals surface area contributed by atoms with E-state index in [0.29, 0.717) is 6.42 Å². The first kappa shape index (κ1) is 10.3. The number of nitrogens with two attached hydrogens (primary N) is 1. The molecule has 0 saturated heterocycles. The highest BCUT2D eigenvalue weighted by Crippen LogP contribution is 2.21. The predicted molar refractivity (Wildman–Crippen MR) is 53.4 cm³/mol. The van der Waals surface area contributed by atoms with Crippen molar-refractivity contribution < 1.29 is 5.21 Å². The van der Waals surface area contributed by atoms with Crippen LogP contribution in [0.3, 0.4) is 0 Å². The molecule has 0 spiro atoms. The molecule has 0 atom stereocenters. The summed E-state index contributed by atoms with van der Waals surface area (Å²) < 4.78 is 0.920. The van der Waals surface area contributed by atoms with Crippen LogP contribution in [0, 0.1) is 6.92 Å². The van der Waals surface area contributed by atoms with Crippen LogP contribution in [-0.4, -0.2) is 27.0 Å². The number of rotatable bonds is 4. The van der Waals surface area contributed by atoms with Crippen LogP contribution in [-0.2, 0) is 0 Å². The minimum atomic E-state index is 0.244. The molecule has 0 bridgehead atoms. The lowest BCUT2D eigenvalue weighted by atomic mass is 10.5. The van der Waals surface area contributed by atoms with Gasteiger partial charge in [0, 0.05) is 12.2 Å². The van der Waals surface area contributed by atoms with Gasteiger partial charge in [-0.25, -0.2) is 0 Å². The van der Waals surface area contributed by atoms with Crippen LogP contribution in [0.1, 0.15) is 11.4 Å². The molecule has 3 N–H and O–H groups in total. The van der Waals surface area contributed by atoms with E-state index in [1.54, 1.807) is 23.1 Å². The Bertz CT molecular complexity index is 299. The SMILES string of the molecule is Cc1nnc(SCC/C(N)=N/O)s1. The number of hydrogen-bond acceptors (Lipinski definition) is 6. The first-order valence-corrected chi connectivity index (χ1v) is 5.42. The van der Waals surface area contributed by atoms with E-state index in [9.17, 15) is 0 Å². The van der Waals surface area contributed by atoms with Gasteiger partial charge in [-0.2, -0.15) is 0 Å². The van der Waals surface area contributed by atoms with Crippen LogP contribution in [0.15, 0.2) is 9.50 Å². The molecule has 0 aliphatic carbocycles. The van der Waals surface area contributed by atoms with E-state index >= 15 is 0 Å². The summed E-state index contributed by atoms with van der Waals surface area (Å²) in [6.07, 6.45) is 0.555. The molecule has 1 aromatic rings. The standard InChI is InChI=1S/C6H10N4OS2/c1-4-8-9-6(13-4)12-3-2-5(7)10-11/h11H,2-3H2,1H3,(H2,7,10). The number of aromatic nitrogens is 2. The summed E-state index contributed by atoms with van der Waals surface area (Å²) in [6, 6.07) is 0. The van der Waals surface area contributed by atoms with Gasteiger partial charge in [0.2, 0.25) is 0 Å². The molecular weight excluding hydrogens is 208 g/mol. The summed E-state index contributed by atoms with van der Waals surface area (Å²) in [6.45, 7) is 1.91. The Morgan fingerprint density at radius 2 is 2.46 bits per heavy atom. The molecule has 0 amide bonds. The second-order valence-corrected chi connectivity index (χ2v) is 4.80. The molecule has 0 unspecified atom stereocenters. The highest BCUT2D eigenvalue weighted by molar-refractivity contribution is 8.01. The van der Waals surface area contributed by atoms with Crippen LogP contribution in [0.25, 0.3) is 0 Å². The quantitative estimate of drug-likeness (QED) is 0.260. The van der Waals surface area contributed by atoms with E-state index in [2.05, 4.69) is 15.4 Å². The van der Waals surface area contributed by atoms with Gasteiger partial charge >= 0.3 is 0 Å². The van der Waals surface area contributed by atoms with Crippen molar-refractivity contribution in [2.24, 2.45) is 10.9 Å². The third-order valence-corrected chi connectivity index (χ3v) is 3.19. The number of hydrogen-bond donors (Lipinski definition) is 2. The molecule has 7 heteroatoms. The minimum Gasteiger partial charge on any atom is -0.409 e. The van der Waals surface area contributed by atoms with E-state index in [4.69, 9.17) is 10.9 Å². The van der Waals surface area contributed by atoms with Gasteiger partial charge in [-0.15, -0.1) is 10.2 Å².